The van der Waals surface area contributed by atoms with Gasteiger partial charge >= 0.3 is 0 Å². The van der Waals surface area contributed by atoms with Crippen molar-refractivity contribution < 1.29 is 4.79 Å². The quantitative estimate of drug-likeness (QED) is 0.798. The van der Waals surface area contributed by atoms with Crippen LogP contribution in [-0.4, -0.2) is 21.9 Å². The molecule has 2 atom stereocenters. The van der Waals surface area contributed by atoms with E-state index in [0.717, 1.165) is 6.42 Å². The number of pyridine rings is 1. The van der Waals surface area contributed by atoms with E-state index >= 15 is 0 Å². The fourth-order valence-corrected chi connectivity index (χ4v) is 1.57. The Bertz CT molecular complexity index is 430. The van der Waals surface area contributed by atoms with Gasteiger partial charge in [0.15, 0.2) is 0 Å². The Labute approximate surface area is 113 Å². The monoisotopic (exact) mass is 265 g/mol. The van der Waals surface area contributed by atoms with Crippen molar-refractivity contribution in [3.05, 3.63) is 29.6 Å². The van der Waals surface area contributed by atoms with E-state index in [1.54, 1.807) is 12.1 Å². The largest absolute Gasteiger partial charge is 0.389 e. The Balaban J connectivity index is 2.70. The van der Waals surface area contributed by atoms with Gasteiger partial charge in [-0.1, -0.05) is 32.5 Å². The highest BCUT2D eigenvalue weighted by Crippen LogP contribution is 2.08. The zero-order valence-corrected chi connectivity index (χ0v) is 11.8. The van der Waals surface area contributed by atoms with Crippen molar-refractivity contribution in [2.24, 2.45) is 11.7 Å². The molecule has 0 bridgehead atoms. The van der Waals surface area contributed by atoms with Crippen LogP contribution in [-0.2, 0) is 0 Å². The lowest BCUT2D eigenvalue weighted by molar-refractivity contribution is 0.0923. The third-order valence-corrected chi connectivity index (χ3v) is 3.37. The fourth-order valence-electron chi connectivity index (χ4n) is 1.45. The maximum atomic E-state index is 11.9. The van der Waals surface area contributed by atoms with Crippen LogP contribution in [0.5, 0.6) is 0 Å². The number of carbonyl (C=O) groups excluding carboxylic acids is 1. The molecule has 0 aliphatic rings. The predicted octanol–water partition coefficient (Wildman–Crippen LogP) is 1.88. The summed E-state index contributed by atoms with van der Waals surface area (Å²) in [6.07, 6.45) is 2.54. The third kappa shape index (κ3) is 3.77. The number of amides is 1. The maximum absolute atomic E-state index is 11.9. The fraction of sp³-hybridized carbons (Fsp3) is 0.462. The molecule has 5 heteroatoms. The van der Waals surface area contributed by atoms with Crippen LogP contribution in [0.1, 0.15) is 43.2 Å². The Morgan fingerprint density at radius 3 is 2.61 bits per heavy atom. The molecule has 0 aromatic carbocycles. The standard InChI is InChI=1S/C13H19N3OS/c1-4-8(2)9(3)16-13(17)11-6-5-10(7-15-11)12(14)18/h5-9H,4H2,1-3H3,(H2,14,18)(H,16,17). The van der Waals surface area contributed by atoms with Gasteiger partial charge in [0, 0.05) is 17.8 Å². The maximum Gasteiger partial charge on any atom is 0.270 e. The number of thiocarbonyl (C=S) groups is 1. The van der Waals surface area contributed by atoms with Gasteiger partial charge < -0.3 is 11.1 Å². The smallest absolute Gasteiger partial charge is 0.270 e. The van der Waals surface area contributed by atoms with E-state index < -0.39 is 0 Å². The number of nitrogens with one attached hydrogen (secondary N) is 1. The highest BCUT2D eigenvalue weighted by atomic mass is 32.1. The van der Waals surface area contributed by atoms with Crippen LogP contribution < -0.4 is 11.1 Å². The summed E-state index contributed by atoms with van der Waals surface area (Å²) in [7, 11) is 0. The summed E-state index contributed by atoms with van der Waals surface area (Å²) >= 11 is 4.83. The molecule has 1 amide bonds. The Kier molecular flexibility index (Phi) is 5.22. The SMILES string of the molecule is CCC(C)C(C)NC(=O)c1ccc(C(N)=S)cn1. The van der Waals surface area contributed by atoms with E-state index in [1.165, 1.54) is 6.20 Å². The minimum Gasteiger partial charge on any atom is -0.389 e. The molecule has 3 N–H and O–H groups in total. The molecule has 98 valence electrons. The number of hydrogen-bond donors (Lipinski definition) is 2. The third-order valence-electron chi connectivity index (χ3n) is 3.14. The molecule has 1 rings (SSSR count). The average Bonchev–Trinajstić information content (AvgIpc) is 2.37. The van der Waals surface area contributed by atoms with Crippen molar-refractivity contribution in [1.82, 2.24) is 10.3 Å². The summed E-state index contributed by atoms with van der Waals surface area (Å²) in [5.74, 6) is 0.266. The van der Waals surface area contributed by atoms with Crippen LogP contribution in [0.25, 0.3) is 0 Å². The Morgan fingerprint density at radius 1 is 1.50 bits per heavy atom. The van der Waals surface area contributed by atoms with E-state index in [0.29, 0.717) is 17.2 Å². The van der Waals surface area contributed by atoms with Gasteiger partial charge in [-0.05, 0) is 25.0 Å². The molecule has 0 aliphatic carbocycles. The van der Waals surface area contributed by atoms with Crippen molar-refractivity contribution in [3.63, 3.8) is 0 Å². The summed E-state index contributed by atoms with van der Waals surface area (Å²) in [5.41, 5.74) is 6.51. The van der Waals surface area contributed by atoms with E-state index in [-0.39, 0.29) is 16.9 Å². The van der Waals surface area contributed by atoms with Gasteiger partial charge in [-0.3, -0.25) is 9.78 Å². The van der Waals surface area contributed by atoms with Crippen LogP contribution in [0.3, 0.4) is 0 Å². The number of carbonyl (C=O) groups is 1. The molecule has 0 saturated carbocycles. The molecule has 0 radical (unpaired) electrons. The van der Waals surface area contributed by atoms with Crippen molar-refractivity contribution in [2.45, 2.75) is 33.2 Å². The summed E-state index contributed by atoms with van der Waals surface area (Å²) in [5, 5.41) is 2.93. The van der Waals surface area contributed by atoms with E-state index in [4.69, 9.17) is 18.0 Å². The number of nitrogens with zero attached hydrogens (tertiary/aromatic N) is 1. The van der Waals surface area contributed by atoms with Crippen molar-refractivity contribution in [1.29, 1.82) is 0 Å². The summed E-state index contributed by atoms with van der Waals surface area (Å²) in [6.45, 7) is 6.20. The Hall–Kier alpha value is -1.49. The van der Waals surface area contributed by atoms with Gasteiger partial charge in [0.2, 0.25) is 0 Å². The first-order valence-corrected chi connectivity index (χ1v) is 6.43. The highest BCUT2D eigenvalue weighted by Gasteiger charge is 2.15. The van der Waals surface area contributed by atoms with Crippen molar-refractivity contribution in [3.8, 4) is 0 Å². The lowest BCUT2D eigenvalue weighted by Crippen LogP contribution is -2.37. The van der Waals surface area contributed by atoms with Crippen LogP contribution >= 0.6 is 12.2 Å². The van der Waals surface area contributed by atoms with Crippen molar-refractivity contribution >= 4 is 23.1 Å². The van der Waals surface area contributed by atoms with Gasteiger partial charge in [-0.15, -0.1) is 0 Å². The summed E-state index contributed by atoms with van der Waals surface area (Å²) in [6, 6.07) is 3.46. The first-order valence-electron chi connectivity index (χ1n) is 6.02. The Morgan fingerprint density at radius 2 is 2.17 bits per heavy atom. The first kappa shape index (κ1) is 14.6. The van der Waals surface area contributed by atoms with Crippen LogP contribution in [0.4, 0.5) is 0 Å². The minimum absolute atomic E-state index is 0.125. The molecule has 1 aromatic rings. The number of hydrogen-bond acceptors (Lipinski definition) is 3. The van der Waals surface area contributed by atoms with E-state index in [2.05, 4.69) is 24.1 Å². The zero-order chi connectivity index (χ0) is 13.7. The van der Waals surface area contributed by atoms with Crippen LogP contribution in [0, 0.1) is 5.92 Å². The second-order valence-electron chi connectivity index (χ2n) is 4.44. The number of rotatable bonds is 5. The zero-order valence-electron chi connectivity index (χ0n) is 10.9. The molecular formula is C13H19N3OS. The normalized spacial score (nSPS) is 13.7. The number of nitrogens with two attached hydrogens (primary N) is 1. The van der Waals surface area contributed by atoms with E-state index in [1.807, 2.05) is 6.92 Å². The number of aromatic nitrogens is 1. The van der Waals surface area contributed by atoms with Gasteiger partial charge in [0.25, 0.3) is 5.91 Å². The predicted molar refractivity (Wildman–Crippen MR) is 76.5 cm³/mol. The van der Waals surface area contributed by atoms with Gasteiger partial charge in [-0.2, -0.15) is 0 Å². The van der Waals surface area contributed by atoms with E-state index in [9.17, 15) is 4.79 Å². The molecular weight excluding hydrogens is 246 g/mol. The molecule has 1 heterocycles. The van der Waals surface area contributed by atoms with Crippen LogP contribution in [0.15, 0.2) is 18.3 Å². The van der Waals surface area contributed by atoms with Gasteiger partial charge in [-0.25, -0.2) is 0 Å². The molecule has 0 saturated heterocycles. The second kappa shape index (κ2) is 6.44. The molecule has 1 aromatic heterocycles. The molecule has 0 spiro atoms. The van der Waals surface area contributed by atoms with Gasteiger partial charge in [0.1, 0.15) is 10.7 Å². The van der Waals surface area contributed by atoms with Crippen LogP contribution in [0.2, 0.25) is 0 Å². The summed E-state index contributed by atoms with van der Waals surface area (Å²) in [4.78, 5) is 16.3. The lowest BCUT2D eigenvalue weighted by atomic mass is 10.0. The molecule has 18 heavy (non-hydrogen) atoms. The summed E-state index contributed by atoms with van der Waals surface area (Å²) < 4.78 is 0. The van der Waals surface area contributed by atoms with Gasteiger partial charge in [0.05, 0.1) is 0 Å². The lowest BCUT2D eigenvalue weighted by Gasteiger charge is -2.19. The average molecular weight is 265 g/mol. The minimum atomic E-state index is -0.169. The topological polar surface area (TPSA) is 68.0 Å². The first-order chi connectivity index (χ1) is 8.45. The van der Waals surface area contributed by atoms with Crippen molar-refractivity contribution in [2.75, 3.05) is 0 Å². The second-order valence-corrected chi connectivity index (χ2v) is 4.88. The molecule has 0 fully saturated rings. The molecule has 2 unspecified atom stereocenters. The molecule has 4 nitrogen and oxygen atoms in total. The highest BCUT2D eigenvalue weighted by molar-refractivity contribution is 7.80. The molecule has 0 aliphatic heterocycles.